The van der Waals surface area contributed by atoms with Gasteiger partial charge >= 0.3 is 12.1 Å². The first-order valence-corrected chi connectivity index (χ1v) is 10.4. The van der Waals surface area contributed by atoms with Gasteiger partial charge in [-0.2, -0.15) is 0 Å². The number of nitrogens with zero attached hydrogens (tertiary/aromatic N) is 3. The van der Waals surface area contributed by atoms with Crippen LogP contribution in [0.2, 0.25) is 0 Å². The molecule has 0 spiro atoms. The summed E-state index contributed by atoms with van der Waals surface area (Å²) in [6, 6.07) is 0. The summed E-state index contributed by atoms with van der Waals surface area (Å²) in [5.41, 5.74) is 1.68. The molecular formula is C17H20N4O5S2. The maximum absolute atomic E-state index is 12.6. The van der Waals surface area contributed by atoms with E-state index in [-0.39, 0.29) is 12.5 Å². The summed E-state index contributed by atoms with van der Waals surface area (Å²) in [6.45, 7) is 6.45. The van der Waals surface area contributed by atoms with Crippen molar-refractivity contribution in [1.82, 2.24) is 14.5 Å². The molecule has 2 aromatic rings. The number of aromatic nitrogens is 2. The van der Waals surface area contributed by atoms with Crippen molar-refractivity contribution in [3.8, 4) is 0 Å². The number of aryl methyl sites for hydroxylation is 1. The Labute approximate surface area is 169 Å². The number of fused-ring (bicyclic) bond motifs is 1. The molecule has 28 heavy (non-hydrogen) atoms. The van der Waals surface area contributed by atoms with E-state index in [0.29, 0.717) is 47.3 Å². The Balaban J connectivity index is 1.91. The maximum Gasteiger partial charge on any atom is 0.410 e. The Hall–Kier alpha value is -2.53. The summed E-state index contributed by atoms with van der Waals surface area (Å²) in [7, 11) is 0. The van der Waals surface area contributed by atoms with Gasteiger partial charge in [0.15, 0.2) is 0 Å². The molecule has 3 heterocycles. The van der Waals surface area contributed by atoms with Crippen LogP contribution in [0.25, 0.3) is 0 Å². The first kappa shape index (κ1) is 20.2. The smallest absolute Gasteiger partial charge is 0.410 e. The van der Waals surface area contributed by atoms with Gasteiger partial charge in [0.2, 0.25) is 0 Å². The number of anilines is 1. The van der Waals surface area contributed by atoms with Crippen LogP contribution < -0.4 is 5.32 Å². The zero-order valence-electron chi connectivity index (χ0n) is 15.7. The average Bonchev–Trinajstić information content (AvgIpc) is 3.24. The van der Waals surface area contributed by atoms with E-state index in [1.54, 1.807) is 25.7 Å². The fourth-order valence-corrected chi connectivity index (χ4v) is 4.68. The molecule has 2 aromatic heterocycles. The minimum absolute atomic E-state index is 0.226. The van der Waals surface area contributed by atoms with Gasteiger partial charge in [0.25, 0.3) is 5.91 Å². The van der Waals surface area contributed by atoms with E-state index in [1.807, 2.05) is 0 Å². The van der Waals surface area contributed by atoms with Crippen molar-refractivity contribution >= 4 is 45.8 Å². The topological polar surface area (TPSA) is 111 Å². The second kappa shape index (κ2) is 8.65. The van der Waals surface area contributed by atoms with Gasteiger partial charge in [0.1, 0.15) is 9.88 Å². The van der Waals surface area contributed by atoms with E-state index in [0.717, 1.165) is 22.0 Å². The van der Waals surface area contributed by atoms with Gasteiger partial charge in [0.05, 0.1) is 31.0 Å². The van der Waals surface area contributed by atoms with Crippen molar-refractivity contribution in [3.05, 3.63) is 26.6 Å². The van der Waals surface area contributed by atoms with Gasteiger partial charge in [0, 0.05) is 11.4 Å². The molecule has 1 aliphatic rings. The lowest BCUT2D eigenvalue weighted by Crippen LogP contribution is -2.36. The van der Waals surface area contributed by atoms with E-state index in [4.69, 9.17) is 9.47 Å². The number of carbonyl (C=O) groups is 3. The molecule has 0 saturated carbocycles. The zero-order chi connectivity index (χ0) is 20.3. The average molecular weight is 425 g/mol. The highest BCUT2D eigenvalue weighted by atomic mass is 32.1. The van der Waals surface area contributed by atoms with Crippen molar-refractivity contribution in [2.45, 2.75) is 33.7 Å². The molecule has 150 valence electrons. The van der Waals surface area contributed by atoms with Gasteiger partial charge in [-0.1, -0.05) is 4.49 Å². The molecule has 0 saturated heterocycles. The van der Waals surface area contributed by atoms with Gasteiger partial charge in [-0.15, -0.1) is 16.4 Å². The van der Waals surface area contributed by atoms with Crippen LogP contribution in [0.5, 0.6) is 0 Å². The largest absolute Gasteiger partial charge is 0.462 e. The van der Waals surface area contributed by atoms with E-state index in [2.05, 4.69) is 14.9 Å². The van der Waals surface area contributed by atoms with E-state index >= 15 is 0 Å². The Kier molecular flexibility index (Phi) is 6.25. The summed E-state index contributed by atoms with van der Waals surface area (Å²) >= 11 is 2.26. The van der Waals surface area contributed by atoms with Crippen LogP contribution in [0.15, 0.2) is 0 Å². The highest BCUT2D eigenvalue weighted by Gasteiger charge is 2.32. The van der Waals surface area contributed by atoms with Crippen LogP contribution in [-0.4, -0.2) is 52.2 Å². The Morgan fingerprint density at radius 2 is 1.96 bits per heavy atom. The highest BCUT2D eigenvalue weighted by Crippen LogP contribution is 2.38. The van der Waals surface area contributed by atoms with Gasteiger partial charge in [-0.25, -0.2) is 9.59 Å². The normalized spacial score (nSPS) is 13.0. The summed E-state index contributed by atoms with van der Waals surface area (Å²) in [4.78, 5) is 40.0. The third-order valence-corrected chi connectivity index (χ3v) is 6.11. The van der Waals surface area contributed by atoms with Crippen LogP contribution in [0.3, 0.4) is 0 Å². The van der Waals surface area contributed by atoms with Crippen molar-refractivity contribution in [1.29, 1.82) is 0 Å². The molecule has 0 unspecified atom stereocenters. The molecule has 1 aliphatic heterocycles. The summed E-state index contributed by atoms with van der Waals surface area (Å²) in [6.07, 6.45) is 0.0895. The molecule has 0 atom stereocenters. The molecule has 3 rings (SSSR count). The first-order chi connectivity index (χ1) is 13.5. The number of carbonyl (C=O) groups excluding carboxylic acids is 3. The minimum atomic E-state index is -0.487. The molecule has 0 fully saturated rings. The van der Waals surface area contributed by atoms with E-state index in [1.165, 1.54) is 11.3 Å². The van der Waals surface area contributed by atoms with Crippen LogP contribution in [0, 0.1) is 6.92 Å². The number of hydrogen-bond donors (Lipinski definition) is 1. The standard InChI is InChI=1S/C17H20N4O5S2/c1-4-25-16(23)12-10-6-7-21(17(24)26-5-2)8-11(10)27-15(12)18-14(22)13-9(3)19-20-28-13/h4-8H2,1-3H3,(H,18,22). The van der Waals surface area contributed by atoms with Crippen LogP contribution in [-0.2, 0) is 22.4 Å². The van der Waals surface area contributed by atoms with Crippen molar-refractivity contribution in [2.75, 3.05) is 25.1 Å². The second-order valence-electron chi connectivity index (χ2n) is 5.94. The van der Waals surface area contributed by atoms with Gasteiger partial charge in [-0.05, 0) is 44.3 Å². The van der Waals surface area contributed by atoms with Crippen LogP contribution >= 0.6 is 22.9 Å². The SMILES string of the molecule is CCOC(=O)c1c(NC(=O)c2snnc2C)sc2c1CCN(C(=O)OCC)C2. The lowest BCUT2D eigenvalue weighted by Gasteiger charge is -2.26. The van der Waals surface area contributed by atoms with E-state index in [9.17, 15) is 14.4 Å². The number of rotatable bonds is 5. The number of thiophene rings is 1. The Morgan fingerprint density at radius 3 is 2.61 bits per heavy atom. The fraction of sp³-hybridized carbons (Fsp3) is 0.471. The molecule has 11 heteroatoms. The lowest BCUT2D eigenvalue weighted by atomic mass is 10.0. The quantitative estimate of drug-likeness (QED) is 0.735. The third-order valence-electron chi connectivity index (χ3n) is 4.15. The molecule has 9 nitrogen and oxygen atoms in total. The fourth-order valence-electron chi connectivity index (χ4n) is 2.88. The van der Waals surface area contributed by atoms with Crippen LogP contribution in [0.4, 0.5) is 9.80 Å². The predicted octanol–water partition coefficient (Wildman–Crippen LogP) is 2.85. The number of ether oxygens (including phenoxy) is 2. The number of nitrogens with one attached hydrogen (secondary N) is 1. The highest BCUT2D eigenvalue weighted by molar-refractivity contribution is 7.17. The second-order valence-corrected chi connectivity index (χ2v) is 7.80. The molecular weight excluding hydrogens is 404 g/mol. The summed E-state index contributed by atoms with van der Waals surface area (Å²) < 4.78 is 14.0. The van der Waals surface area contributed by atoms with Gasteiger partial charge in [-0.3, -0.25) is 4.79 Å². The van der Waals surface area contributed by atoms with Crippen molar-refractivity contribution in [3.63, 3.8) is 0 Å². The van der Waals surface area contributed by atoms with E-state index < -0.39 is 12.1 Å². The monoisotopic (exact) mass is 424 g/mol. The first-order valence-electron chi connectivity index (χ1n) is 8.79. The van der Waals surface area contributed by atoms with Crippen molar-refractivity contribution < 1.29 is 23.9 Å². The molecule has 0 bridgehead atoms. The zero-order valence-corrected chi connectivity index (χ0v) is 17.4. The number of esters is 1. The van der Waals surface area contributed by atoms with Gasteiger partial charge < -0.3 is 19.7 Å². The minimum Gasteiger partial charge on any atom is -0.462 e. The third kappa shape index (κ3) is 3.99. The molecule has 1 N–H and O–H groups in total. The summed E-state index contributed by atoms with van der Waals surface area (Å²) in [5.74, 6) is -0.863. The molecule has 0 radical (unpaired) electrons. The Morgan fingerprint density at radius 1 is 1.21 bits per heavy atom. The number of amides is 2. The summed E-state index contributed by atoms with van der Waals surface area (Å²) in [5, 5.41) is 7.04. The lowest BCUT2D eigenvalue weighted by molar-refractivity contribution is 0.0526. The maximum atomic E-state index is 12.6. The van der Waals surface area contributed by atoms with Crippen molar-refractivity contribution in [2.24, 2.45) is 0 Å². The van der Waals surface area contributed by atoms with Crippen LogP contribution in [0.1, 0.15) is 50.0 Å². The molecule has 0 aromatic carbocycles. The molecule has 0 aliphatic carbocycles. The Bertz CT molecular complexity index is 907. The molecule has 2 amide bonds. The predicted molar refractivity (Wildman–Crippen MR) is 104 cm³/mol. The number of hydrogen-bond acceptors (Lipinski definition) is 9.